The highest BCUT2D eigenvalue weighted by Crippen LogP contribution is 2.23. The van der Waals surface area contributed by atoms with E-state index in [-0.39, 0.29) is 4.90 Å². The van der Waals surface area contributed by atoms with Gasteiger partial charge in [-0.15, -0.1) is 0 Å². The molecular weight excluding hydrogens is 364 g/mol. The van der Waals surface area contributed by atoms with E-state index in [4.69, 9.17) is 0 Å². The molecule has 0 saturated carbocycles. The number of aromatic amines is 1. The molecule has 0 spiro atoms. The molecule has 0 aliphatic rings. The van der Waals surface area contributed by atoms with Crippen molar-refractivity contribution in [1.82, 2.24) is 10.3 Å². The maximum Gasteiger partial charge on any atom is 0.292 e. The first-order chi connectivity index (χ1) is 12.7. The van der Waals surface area contributed by atoms with Crippen LogP contribution >= 0.6 is 0 Å². The molecule has 2 aromatic carbocycles. The number of ketones is 1. The molecule has 0 aliphatic carbocycles. The minimum Gasteiger partial charge on any atom is -0.358 e. The van der Waals surface area contributed by atoms with Gasteiger partial charge in [0.25, 0.3) is 11.7 Å². The fraction of sp³-hybridized carbons (Fsp3) is 0.200. The molecule has 6 nitrogen and oxygen atoms in total. The number of carbonyl (C=O) groups is 2. The number of sulfone groups is 1. The maximum absolute atomic E-state index is 12.7. The number of aryl methyl sites for hydroxylation is 1. The molecule has 7 heteroatoms. The van der Waals surface area contributed by atoms with Gasteiger partial charge in [0.15, 0.2) is 9.84 Å². The quantitative estimate of drug-likeness (QED) is 0.522. The normalized spacial score (nSPS) is 12.7. The third-order valence-electron chi connectivity index (χ3n) is 4.48. The second-order valence-corrected chi connectivity index (χ2v) is 8.55. The number of nitrogens with one attached hydrogen (secondary N) is 2. The zero-order chi connectivity index (χ0) is 19.8. The highest BCUT2D eigenvalue weighted by atomic mass is 32.2. The summed E-state index contributed by atoms with van der Waals surface area (Å²) in [5, 5.41) is 3.39. The summed E-state index contributed by atoms with van der Waals surface area (Å²) in [5.74, 6) is -1.31. The van der Waals surface area contributed by atoms with E-state index in [1.54, 1.807) is 32.0 Å². The molecule has 140 valence electrons. The van der Waals surface area contributed by atoms with Crippen LogP contribution in [0.4, 0.5) is 0 Å². The van der Waals surface area contributed by atoms with Crippen molar-refractivity contribution in [3.63, 3.8) is 0 Å². The Kier molecular flexibility index (Phi) is 4.89. The highest BCUT2D eigenvalue weighted by molar-refractivity contribution is 7.90. The Hall–Kier alpha value is -2.93. The molecule has 1 heterocycles. The SMILES string of the molecule is Cc1[nH]c2ccccc2c1C(=O)C(=O)NC(C)c1ccc(S(C)(=O)=O)cc1. The predicted octanol–water partition coefficient (Wildman–Crippen LogP) is 2.94. The summed E-state index contributed by atoms with van der Waals surface area (Å²) >= 11 is 0. The molecule has 1 aromatic heterocycles. The van der Waals surface area contributed by atoms with Crippen molar-refractivity contribution < 1.29 is 18.0 Å². The van der Waals surface area contributed by atoms with Crippen molar-refractivity contribution in [2.75, 3.05) is 6.26 Å². The van der Waals surface area contributed by atoms with Crippen LogP contribution in [-0.4, -0.2) is 31.3 Å². The van der Waals surface area contributed by atoms with Crippen LogP contribution in [0.3, 0.4) is 0 Å². The lowest BCUT2D eigenvalue weighted by atomic mass is 10.0. The Balaban J connectivity index is 1.80. The summed E-state index contributed by atoms with van der Waals surface area (Å²) in [6.07, 6.45) is 1.13. The molecular formula is C20H20N2O4S. The Bertz CT molecular complexity index is 1130. The fourth-order valence-electron chi connectivity index (χ4n) is 3.03. The van der Waals surface area contributed by atoms with E-state index in [0.29, 0.717) is 22.2 Å². The standard InChI is InChI=1S/C20H20N2O4S/c1-12(14-8-10-15(11-9-14)27(3,25)26)22-20(24)19(23)18-13(2)21-17-7-5-4-6-16(17)18/h4-12,21H,1-3H3,(H,22,24). The average molecular weight is 384 g/mol. The molecule has 3 aromatic rings. The zero-order valence-corrected chi connectivity index (χ0v) is 16.1. The molecule has 0 radical (unpaired) electrons. The van der Waals surface area contributed by atoms with Crippen molar-refractivity contribution in [2.45, 2.75) is 24.8 Å². The molecule has 0 bridgehead atoms. The number of rotatable bonds is 5. The molecule has 27 heavy (non-hydrogen) atoms. The van der Waals surface area contributed by atoms with Gasteiger partial charge in [-0.25, -0.2) is 8.42 Å². The minimum atomic E-state index is -3.28. The van der Waals surface area contributed by atoms with E-state index in [0.717, 1.165) is 11.8 Å². The first kappa shape index (κ1) is 18.8. The largest absolute Gasteiger partial charge is 0.358 e. The second kappa shape index (κ2) is 7.00. The number of benzene rings is 2. The third kappa shape index (κ3) is 3.78. The van der Waals surface area contributed by atoms with Crippen LogP contribution in [0.5, 0.6) is 0 Å². The number of Topliss-reactive ketones (excluding diaryl/α,β-unsaturated/α-hetero) is 1. The maximum atomic E-state index is 12.7. The lowest BCUT2D eigenvalue weighted by Crippen LogP contribution is -2.33. The number of hydrogen-bond donors (Lipinski definition) is 2. The van der Waals surface area contributed by atoms with Gasteiger partial charge in [0.1, 0.15) is 0 Å². The van der Waals surface area contributed by atoms with E-state index >= 15 is 0 Å². The van der Waals surface area contributed by atoms with Gasteiger partial charge in [-0.2, -0.15) is 0 Å². The van der Waals surface area contributed by atoms with E-state index in [2.05, 4.69) is 10.3 Å². The lowest BCUT2D eigenvalue weighted by molar-refractivity contribution is -0.117. The summed E-state index contributed by atoms with van der Waals surface area (Å²) in [4.78, 5) is 28.5. The number of carbonyl (C=O) groups excluding carboxylic acids is 2. The van der Waals surface area contributed by atoms with Crippen LogP contribution in [0.1, 0.15) is 34.6 Å². The summed E-state index contributed by atoms with van der Waals surface area (Å²) in [7, 11) is -3.28. The lowest BCUT2D eigenvalue weighted by Gasteiger charge is -2.14. The van der Waals surface area contributed by atoms with Crippen molar-refractivity contribution in [2.24, 2.45) is 0 Å². The predicted molar refractivity (Wildman–Crippen MR) is 103 cm³/mol. The number of fused-ring (bicyclic) bond motifs is 1. The Morgan fingerprint density at radius 1 is 1.04 bits per heavy atom. The van der Waals surface area contributed by atoms with E-state index in [9.17, 15) is 18.0 Å². The van der Waals surface area contributed by atoms with Crippen LogP contribution in [0.2, 0.25) is 0 Å². The first-order valence-electron chi connectivity index (χ1n) is 8.41. The fourth-order valence-corrected chi connectivity index (χ4v) is 3.66. The first-order valence-corrected chi connectivity index (χ1v) is 10.3. The smallest absolute Gasteiger partial charge is 0.292 e. The Morgan fingerprint density at radius 3 is 2.30 bits per heavy atom. The van der Waals surface area contributed by atoms with Gasteiger partial charge in [-0.05, 0) is 37.6 Å². The van der Waals surface area contributed by atoms with Gasteiger partial charge < -0.3 is 10.3 Å². The van der Waals surface area contributed by atoms with E-state index in [1.165, 1.54) is 12.1 Å². The minimum absolute atomic E-state index is 0.204. The molecule has 0 fully saturated rings. The molecule has 1 atom stereocenters. The summed E-state index contributed by atoms with van der Waals surface area (Å²) in [6.45, 7) is 3.50. The van der Waals surface area contributed by atoms with Crippen molar-refractivity contribution >= 4 is 32.4 Å². The second-order valence-electron chi connectivity index (χ2n) is 6.54. The van der Waals surface area contributed by atoms with Gasteiger partial charge >= 0.3 is 0 Å². The summed E-state index contributed by atoms with van der Waals surface area (Å²) < 4.78 is 23.1. The number of H-pyrrole nitrogens is 1. The van der Waals surface area contributed by atoms with Crippen molar-refractivity contribution in [3.8, 4) is 0 Å². The third-order valence-corrected chi connectivity index (χ3v) is 5.61. The number of para-hydroxylation sites is 1. The molecule has 3 rings (SSSR count). The van der Waals surface area contributed by atoms with Crippen LogP contribution in [-0.2, 0) is 14.6 Å². The topological polar surface area (TPSA) is 96.1 Å². The van der Waals surface area contributed by atoms with E-state index in [1.807, 2.05) is 18.2 Å². The zero-order valence-electron chi connectivity index (χ0n) is 15.2. The molecule has 1 unspecified atom stereocenters. The molecule has 1 amide bonds. The van der Waals surface area contributed by atoms with Gasteiger partial charge in [0.2, 0.25) is 0 Å². The van der Waals surface area contributed by atoms with Crippen LogP contribution < -0.4 is 5.32 Å². The molecule has 0 saturated heterocycles. The molecule has 2 N–H and O–H groups in total. The van der Waals surface area contributed by atoms with Crippen LogP contribution in [0.15, 0.2) is 53.4 Å². The number of aromatic nitrogens is 1. The molecule has 0 aliphatic heterocycles. The van der Waals surface area contributed by atoms with Crippen molar-refractivity contribution in [3.05, 3.63) is 65.4 Å². The van der Waals surface area contributed by atoms with Crippen molar-refractivity contribution in [1.29, 1.82) is 0 Å². The summed E-state index contributed by atoms with van der Waals surface area (Å²) in [5.41, 5.74) is 2.51. The Morgan fingerprint density at radius 2 is 1.67 bits per heavy atom. The van der Waals surface area contributed by atoms with Crippen LogP contribution in [0, 0.1) is 6.92 Å². The number of amides is 1. The monoisotopic (exact) mass is 384 g/mol. The van der Waals surface area contributed by atoms with Gasteiger partial charge in [-0.1, -0.05) is 30.3 Å². The highest BCUT2D eigenvalue weighted by Gasteiger charge is 2.24. The van der Waals surface area contributed by atoms with Crippen LogP contribution in [0.25, 0.3) is 10.9 Å². The van der Waals surface area contributed by atoms with Gasteiger partial charge in [-0.3, -0.25) is 9.59 Å². The van der Waals surface area contributed by atoms with E-state index < -0.39 is 27.6 Å². The number of hydrogen-bond acceptors (Lipinski definition) is 4. The van der Waals surface area contributed by atoms with Gasteiger partial charge in [0, 0.05) is 22.9 Å². The average Bonchev–Trinajstić information content (AvgIpc) is 2.96. The summed E-state index contributed by atoms with van der Waals surface area (Å²) in [6, 6.07) is 13.1. The van der Waals surface area contributed by atoms with Gasteiger partial charge in [0.05, 0.1) is 16.5 Å². The Labute approximate surface area is 157 Å².